The molecule has 1 fully saturated rings. The van der Waals surface area contributed by atoms with Crippen molar-refractivity contribution in [3.63, 3.8) is 0 Å². The predicted molar refractivity (Wildman–Crippen MR) is 102 cm³/mol. The number of benzene rings is 2. The monoisotopic (exact) mass is 354 g/mol. The fraction of sp³-hybridized carbons (Fsp3) is 0.300. The Hall–Kier alpha value is -2.27. The van der Waals surface area contributed by atoms with Crippen LogP contribution in [0, 0.1) is 0 Å². The average Bonchev–Trinajstić information content (AvgIpc) is 3.07. The fourth-order valence-corrected chi connectivity index (χ4v) is 3.38. The van der Waals surface area contributed by atoms with Crippen LogP contribution in [0.1, 0.15) is 41.7 Å². The van der Waals surface area contributed by atoms with Gasteiger partial charge >= 0.3 is 0 Å². The van der Waals surface area contributed by atoms with Crippen molar-refractivity contribution in [2.24, 2.45) is 0 Å². The first-order valence-corrected chi connectivity index (χ1v) is 9.66. The molecule has 0 spiro atoms. The molecule has 0 bridgehead atoms. The number of anilines is 1. The summed E-state index contributed by atoms with van der Waals surface area (Å²) in [6.45, 7) is 2.73. The summed E-state index contributed by atoms with van der Waals surface area (Å²) in [4.78, 5) is 27.2. The van der Waals surface area contributed by atoms with Crippen LogP contribution < -0.4 is 10.2 Å². The highest BCUT2D eigenvalue weighted by Gasteiger charge is 2.21. The maximum atomic E-state index is 12.5. The van der Waals surface area contributed by atoms with Gasteiger partial charge in [-0.05, 0) is 61.6 Å². The van der Waals surface area contributed by atoms with E-state index >= 15 is 0 Å². The second-order valence-electron chi connectivity index (χ2n) is 6.16. The van der Waals surface area contributed by atoms with Crippen molar-refractivity contribution >= 4 is 29.3 Å². The molecule has 5 heteroatoms. The molecule has 1 atom stereocenters. The van der Waals surface area contributed by atoms with E-state index in [-0.39, 0.29) is 17.9 Å². The van der Waals surface area contributed by atoms with Crippen molar-refractivity contribution in [2.75, 3.05) is 17.7 Å². The van der Waals surface area contributed by atoms with Crippen LogP contribution in [-0.2, 0) is 4.79 Å². The van der Waals surface area contributed by atoms with Crippen LogP contribution >= 0.6 is 11.8 Å². The van der Waals surface area contributed by atoms with Crippen molar-refractivity contribution in [3.05, 3.63) is 59.7 Å². The van der Waals surface area contributed by atoms with E-state index < -0.39 is 0 Å². The quantitative estimate of drug-likeness (QED) is 0.825. The first kappa shape index (κ1) is 17.5. The number of hydrogen-bond donors (Lipinski definition) is 1. The Morgan fingerprint density at radius 3 is 2.36 bits per heavy atom. The third-order valence-electron chi connectivity index (χ3n) is 4.48. The number of hydrogen-bond acceptors (Lipinski definition) is 3. The van der Waals surface area contributed by atoms with Crippen LogP contribution in [0.5, 0.6) is 0 Å². The molecule has 0 saturated carbocycles. The number of carbonyl (C=O) groups excluding carboxylic acids is 2. The van der Waals surface area contributed by atoms with Crippen molar-refractivity contribution in [1.82, 2.24) is 5.32 Å². The van der Waals surface area contributed by atoms with Crippen LogP contribution in [-0.4, -0.2) is 24.6 Å². The van der Waals surface area contributed by atoms with Crippen LogP contribution in [0.4, 0.5) is 5.69 Å². The van der Waals surface area contributed by atoms with Gasteiger partial charge in [0.2, 0.25) is 5.91 Å². The van der Waals surface area contributed by atoms with E-state index in [1.54, 1.807) is 28.8 Å². The molecule has 1 aliphatic rings. The lowest BCUT2D eigenvalue weighted by molar-refractivity contribution is -0.117. The second-order valence-corrected chi connectivity index (χ2v) is 7.04. The van der Waals surface area contributed by atoms with E-state index in [2.05, 4.69) is 17.4 Å². The van der Waals surface area contributed by atoms with Crippen LogP contribution in [0.15, 0.2) is 53.4 Å². The summed E-state index contributed by atoms with van der Waals surface area (Å²) in [6, 6.07) is 15.4. The first-order chi connectivity index (χ1) is 12.1. The molecule has 1 aliphatic heterocycles. The van der Waals surface area contributed by atoms with Gasteiger partial charge in [0, 0.05) is 29.1 Å². The molecule has 1 heterocycles. The van der Waals surface area contributed by atoms with Gasteiger partial charge in [0.15, 0.2) is 0 Å². The van der Waals surface area contributed by atoms with E-state index in [1.807, 2.05) is 37.4 Å². The van der Waals surface area contributed by atoms with Gasteiger partial charge in [-0.15, -0.1) is 11.8 Å². The molecule has 2 aromatic rings. The molecule has 4 nitrogen and oxygen atoms in total. The highest BCUT2D eigenvalue weighted by atomic mass is 32.2. The van der Waals surface area contributed by atoms with Gasteiger partial charge in [0.25, 0.3) is 5.91 Å². The van der Waals surface area contributed by atoms with Crippen molar-refractivity contribution in [1.29, 1.82) is 0 Å². The summed E-state index contributed by atoms with van der Waals surface area (Å²) in [5, 5.41) is 3.02. The second kappa shape index (κ2) is 7.74. The molecule has 2 amide bonds. The summed E-state index contributed by atoms with van der Waals surface area (Å²) < 4.78 is 0. The summed E-state index contributed by atoms with van der Waals surface area (Å²) in [7, 11) is 0. The topological polar surface area (TPSA) is 49.4 Å². The van der Waals surface area contributed by atoms with Gasteiger partial charge in [-0.25, -0.2) is 0 Å². The Balaban J connectivity index is 1.65. The summed E-state index contributed by atoms with van der Waals surface area (Å²) in [6.07, 6.45) is 3.54. The largest absolute Gasteiger partial charge is 0.346 e. The number of nitrogens with zero attached hydrogens (tertiary/aromatic N) is 1. The molecule has 25 heavy (non-hydrogen) atoms. The van der Waals surface area contributed by atoms with Gasteiger partial charge in [-0.3, -0.25) is 9.59 Å². The summed E-state index contributed by atoms with van der Waals surface area (Å²) in [5.41, 5.74) is 2.54. The van der Waals surface area contributed by atoms with Gasteiger partial charge in [-0.1, -0.05) is 12.1 Å². The van der Waals surface area contributed by atoms with Crippen molar-refractivity contribution < 1.29 is 9.59 Å². The fourth-order valence-electron chi connectivity index (χ4n) is 2.97. The first-order valence-electron chi connectivity index (χ1n) is 8.44. The molecule has 2 aromatic carbocycles. The smallest absolute Gasteiger partial charge is 0.251 e. The third kappa shape index (κ3) is 4.04. The van der Waals surface area contributed by atoms with Gasteiger partial charge < -0.3 is 10.2 Å². The molecule has 1 N–H and O–H groups in total. The molecule has 0 radical (unpaired) electrons. The number of nitrogens with one attached hydrogen (secondary N) is 1. The normalized spacial score (nSPS) is 15.3. The van der Waals surface area contributed by atoms with Crippen LogP contribution in [0.3, 0.4) is 0 Å². The molecule has 1 saturated heterocycles. The third-order valence-corrected chi connectivity index (χ3v) is 5.22. The zero-order chi connectivity index (χ0) is 17.8. The Labute approximate surface area is 152 Å². The predicted octanol–water partition coefficient (Wildman–Crippen LogP) is 4.03. The zero-order valence-corrected chi connectivity index (χ0v) is 15.3. The highest BCUT2D eigenvalue weighted by molar-refractivity contribution is 7.98. The summed E-state index contributed by atoms with van der Waals surface area (Å²) >= 11 is 1.70. The lowest BCUT2D eigenvalue weighted by Crippen LogP contribution is -2.27. The standard InChI is InChI=1S/C20H22N2O2S/c1-14(15-7-11-18(25-2)12-8-15)21-20(24)16-5-9-17(10-6-16)22-13-3-4-19(22)23/h5-12,14H,3-4,13H2,1-2H3,(H,21,24). The zero-order valence-electron chi connectivity index (χ0n) is 14.5. The van der Waals surface area contributed by atoms with Crippen molar-refractivity contribution in [3.8, 4) is 0 Å². The minimum absolute atomic E-state index is 0.0664. The molecule has 0 aliphatic carbocycles. The molecule has 3 rings (SSSR count). The maximum absolute atomic E-state index is 12.5. The lowest BCUT2D eigenvalue weighted by Gasteiger charge is -2.17. The minimum atomic E-state index is -0.110. The average molecular weight is 354 g/mol. The van der Waals surface area contributed by atoms with Gasteiger partial charge in [0.05, 0.1) is 6.04 Å². The SMILES string of the molecule is CSc1ccc(C(C)NC(=O)c2ccc(N3CCCC3=O)cc2)cc1. The lowest BCUT2D eigenvalue weighted by atomic mass is 10.1. The van der Waals surface area contributed by atoms with Gasteiger partial charge in [-0.2, -0.15) is 0 Å². The van der Waals surface area contributed by atoms with E-state index in [1.165, 1.54) is 4.90 Å². The Morgan fingerprint density at radius 2 is 1.80 bits per heavy atom. The number of thioether (sulfide) groups is 1. The van der Waals surface area contributed by atoms with E-state index in [4.69, 9.17) is 0 Å². The molecular formula is C20H22N2O2S. The van der Waals surface area contributed by atoms with Gasteiger partial charge in [0.1, 0.15) is 0 Å². The molecule has 0 aromatic heterocycles. The molecule has 1 unspecified atom stereocenters. The molecular weight excluding hydrogens is 332 g/mol. The maximum Gasteiger partial charge on any atom is 0.251 e. The molecule has 130 valence electrons. The van der Waals surface area contributed by atoms with Crippen molar-refractivity contribution in [2.45, 2.75) is 30.7 Å². The Bertz CT molecular complexity index is 756. The minimum Gasteiger partial charge on any atom is -0.346 e. The number of rotatable bonds is 5. The van der Waals surface area contributed by atoms with E-state index in [9.17, 15) is 9.59 Å². The highest BCUT2D eigenvalue weighted by Crippen LogP contribution is 2.22. The summed E-state index contributed by atoms with van der Waals surface area (Å²) in [5.74, 6) is 0.0419. The Morgan fingerprint density at radius 1 is 1.12 bits per heavy atom. The number of amides is 2. The van der Waals surface area contributed by atoms with E-state index in [0.29, 0.717) is 12.0 Å². The van der Waals surface area contributed by atoms with Crippen LogP contribution in [0.25, 0.3) is 0 Å². The van der Waals surface area contributed by atoms with E-state index in [0.717, 1.165) is 24.2 Å². The number of carbonyl (C=O) groups is 2. The van der Waals surface area contributed by atoms with Crippen LogP contribution in [0.2, 0.25) is 0 Å². The Kier molecular flexibility index (Phi) is 5.43.